The number of hydrogen-bond acceptors (Lipinski definition) is 6. The molecule has 0 amide bonds. The Balaban J connectivity index is 1.66. The van der Waals surface area contributed by atoms with E-state index in [1.807, 2.05) is 51.3 Å². The Kier molecular flexibility index (Phi) is 6.37. The van der Waals surface area contributed by atoms with E-state index in [1.54, 1.807) is 6.92 Å². The minimum atomic E-state index is -0.849. The SMILES string of the molecule is CSc1nc(C)c(CCC(=O)O[C@H](C)C(=O)c2c(C)[nH]c3ccccc23)c(C)n1. The van der Waals surface area contributed by atoms with Gasteiger partial charge in [-0.3, -0.25) is 9.59 Å². The van der Waals surface area contributed by atoms with E-state index >= 15 is 0 Å². The minimum absolute atomic E-state index is 0.175. The molecule has 0 aliphatic heterocycles. The number of nitrogens with one attached hydrogen (secondary N) is 1. The molecule has 0 bridgehead atoms. The summed E-state index contributed by atoms with van der Waals surface area (Å²) in [5.41, 5.74) is 4.93. The van der Waals surface area contributed by atoms with Crippen LogP contribution in [0, 0.1) is 20.8 Å². The Morgan fingerprint density at radius 3 is 2.45 bits per heavy atom. The van der Waals surface area contributed by atoms with Gasteiger partial charge in [0.2, 0.25) is 5.78 Å². The van der Waals surface area contributed by atoms with Gasteiger partial charge < -0.3 is 9.72 Å². The van der Waals surface area contributed by atoms with Crippen LogP contribution in [0.2, 0.25) is 0 Å². The number of ketones is 1. The van der Waals surface area contributed by atoms with E-state index in [0.717, 1.165) is 38.7 Å². The first kappa shape index (κ1) is 21.0. The lowest BCUT2D eigenvalue weighted by Crippen LogP contribution is -2.25. The number of H-pyrrole nitrogens is 1. The number of aromatic amines is 1. The molecule has 1 atom stereocenters. The lowest BCUT2D eigenvalue weighted by Gasteiger charge is -2.14. The van der Waals surface area contributed by atoms with Crippen LogP contribution in [0.25, 0.3) is 10.9 Å². The number of Topliss-reactive ketones (excluding diaryl/α,β-unsaturated/α-hetero) is 1. The van der Waals surface area contributed by atoms with Crippen LogP contribution >= 0.6 is 11.8 Å². The monoisotopic (exact) mass is 411 g/mol. The standard InChI is InChI=1S/C22H25N3O3S/c1-12-16(13(2)25-22(24-12)29-5)10-11-19(26)28-15(4)21(27)20-14(3)23-18-9-7-6-8-17(18)20/h6-9,15,23H,10-11H2,1-5H3/t15-/m1/s1. The second-order valence-electron chi connectivity index (χ2n) is 7.03. The molecule has 0 spiro atoms. The van der Waals surface area contributed by atoms with Gasteiger partial charge in [-0.25, -0.2) is 9.97 Å². The number of hydrogen-bond donors (Lipinski definition) is 1. The van der Waals surface area contributed by atoms with Gasteiger partial charge in [-0.05, 0) is 52.0 Å². The predicted molar refractivity (Wildman–Crippen MR) is 115 cm³/mol. The van der Waals surface area contributed by atoms with Gasteiger partial charge in [0.25, 0.3) is 0 Å². The van der Waals surface area contributed by atoms with Crippen molar-refractivity contribution in [3.8, 4) is 0 Å². The largest absolute Gasteiger partial charge is 0.454 e. The van der Waals surface area contributed by atoms with Gasteiger partial charge in [-0.2, -0.15) is 0 Å². The number of benzene rings is 1. The number of aryl methyl sites for hydroxylation is 3. The second kappa shape index (κ2) is 8.78. The first-order valence-electron chi connectivity index (χ1n) is 9.51. The third kappa shape index (κ3) is 4.50. The number of para-hydroxylation sites is 1. The normalized spacial score (nSPS) is 12.2. The van der Waals surface area contributed by atoms with Crippen LogP contribution in [-0.2, 0) is 16.0 Å². The summed E-state index contributed by atoms with van der Waals surface area (Å²) in [5, 5.41) is 1.56. The molecule has 2 aromatic heterocycles. The number of nitrogens with zero attached hydrogens (tertiary/aromatic N) is 2. The van der Waals surface area contributed by atoms with Gasteiger partial charge in [0.15, 0.2) is 11.3 Å². The third-order valence-electron chi connectivity index (χ3n) is 4.98. The Hall–Kier alpha value is -2.67. The summed E-state index contributed by atoms with van der Waals surface area (Å²) in [6.45, 7) is 7.31. The average molecular weight is 412 g/mol. The first-order chi connectivity index (χ1) is 13.8. The summed E-state index contributed by atoms with van der Waals surface area (Å²) in [7, 11) is 0. The fourth-order valence-electron chi connectivity index (χ4n) is 3.50. The molecule has 29 heavy (non-hydrogen) atoms. The molecule has 0 saturated heterocycles. The fourth-order valence-corrected chi connectivity index (χ4v) is 3.95. The van der Waals surface area contributed by atoms with E-state index in [2.05, 4.69) is 15.0 Å². The summed E-state index contributed by atoms with van der Waals surface area (Å²) in [6, 6.07) is 7.61. The van der Waals surface area contributed by atoms with Gasteiger partial charge in [-0.15, -0.1) is 0 Å². The maximum absolute atomic E-state index is 12.9. The molecule has 0 unspecified atom stereocenters. The summed E-state index contributed by atoms with van der Waals surface area (Å²) in [6.07, 6.45) is 1.74. The molecule has 2 heterocycles. The number of ether oxygens (including phenoxy) is 1. The Morgan fingerprint density at radius 2 is 1.79 bits per heavy atom. The van der Waals surface area contributed by atoms with Crippen molar-refractivity contribution in [1.29, 1.82) is 0 Å². The van der Waals surface area contributed by atoms with E-state index in [1.165, 1.54) is 11.8 Å². The molecule has 0 radical (unpaired) electrons. The third-order valence-corrected chi connectivity index (χ3v) is 5.53. The van der Waals surface area contributed by atoms with Crippen molar-refractivity contribution in [3.63, 3.8) is 0 Å². The fraction of sp³-hybridized carbons (Fsp3) is 0.364. The van der Waals surface area contributed by atoms with E-state index in [0.29, 0.717) is 12.0 Å². The van der Waals surface area contributed by atoms with Gasteiger partial charge >= 0.3 is 5.97 Å². The molecule has 3 aromatic rings. The van der Waals surface area contributed by atoms with E-state index in [4.69, 9.17) is 4.74 Å². The molecule has 0 saturated carbocycles. The molecule has 0 aliphatic carbocycles. The van der Waals surface area contributed by atoms with Crippen LogP contribution < -0.4 is 0 Å². The van der Waals surface area contributed by atoms with E-state index < -0.39 is 12.1 Å². The topological polar surface area (TPSA) is 84.9 Å². The number of carbonyl (C=O) groups is 2. The van der Waals surface area contributed by atoms with Crippen molar-refractivity contribution in [2.24, 2.45) is 0 Å². The summed E-state index contributed by atoms with van der Waals surface area (Å²) < 4.78 is 5.44. The molecule has 6 nitrogen and oxygen atoms in total. The molecule has 1 N–H and O–H groups in total. The van der Waals surface area contributed by atoms with Crippen molar-refractivity contribution in [3.05, 3.63) is 52.5 Å². The van der Waals surface area contributed by atoms with Crippen LogP contribution in [-0.4, -0.2) is 39.1 Å². The number of esters is 1. The van der Waals surface area contributed by atoms with Crippen molar-refractivity contribution in [2.45, 2.75) is 51.8 Å². The number of aromatic nitrogens is 3. The van der Waals surface area contributed by atoms with Crippen molar-refractivity contribution in [1.82, 2.24) is 15.0 Å². The smallest absolute Gasteiger partial charge is 0.306 e. The van der Waals surface area contributed by atoms with Gasteiger partial charge in [-0.1, -0.05) is 30.0 Å². The van der Waals surface area contributed by atoms with E-state index in [-0.39, 0.29) is 12.2 Å². The highest BCUT2D eigenvalue weighted by Gasteiger charge is 2.24. The zero-order valence-corrected chi connectivity index (χ0v) is 18.1. The molecule has 3 rings (SSSR count). The zero-order chi connectivity index (χ0) is 21.1. The van der Waals surface area contributed by atoms with Gasteiger partial charge in [0.1, 0.15) is 0 Å². The highest BCUT2D eigenvalue weighted by atomic mass is 32.2. The number of carbonyl (C=O) groups excluding carboxylic acids is 2. The predicted octanol–water partition coefficient (Wildman–Crippen LogP) is 4.35. The number of fused-ring (bicyclic) bond motifs is 1. The van der Waals surface area contributed by atoms with Crippen LogP contribution in [0.5, 0.6) is 0 Å². The van der Waals surface area contributed by atoms with Crippen molar-refractivity contribution in [2.75, 3.05) is 6.26 Å². The van der Waals surface area contributed by atoms with Crippen molar-refractivity contribution >= 4 is 34.4 Å². The highest BCUT2D eigenvalue weighted by molar-refractivity contribution is 7.98. The highest BCUT2D eigenvalue weighted by Crippen LogP contribution is 2.24. The summed E-state index contributed by atoms with van der Waals surface area (Å²) in [4.78, 5) is 37.4. The van der Waals surface area contributed by atoms with Crippen LogP contribution in [0.3, 0.4) is 0 Å². The minimum Gasteiger partial charge on any atom is -0.454 e. The molecule has 1 aromatic carbocycles. The molecular weight excluding hydrogens is 386 g/mol. The van der Waals surface area contributed by atoms with Crippen LogP contribution in [0.15, 0.2) is 29.4 Å². The van der Waals surface area contributed by atoms with Gasteiger partial charge in [0, 0.05) is 40.0 Å². The Morgan fingerprint density at radius 1 is 1.14 bits per heavy atom. The Bertz CT molecular complexity index is 1050. The first-order valence-corrected chi connectivity index (χ1v) is 10.7. The molecule has 0 fully saturated rings. The maximum atomic E-state index is 12.9. The lowest BCUT2D eigenvalue weighted by atomic mass is 10.0. The maximum Gasteiger partial charge on any atom is 0.306 e. The van der Waals surface area contributed by atoms with Crippen LogP contribution in [0.4, 0.5) is 0 Å². The summed E-state index contributed by atoms with van der Waals surface area (Å²) >= 11 is 1.49. The second-order valence-corrected chi connectivity index (χ2v) is 7.80. The quantitative estimate of drug-likeness (QED) is 0.269. The van der Waals surface area contributed by atoms with Crippen LogP contribution in [0.1, 0.15) is 46.3 Å². The zero-order valence-electron chi connectivity index (χ0n) is 17.3. The lowest BCUT2D eigenvalue weighted by molar-refractivity contribution is -0.146. The van der Waals surface area contributed by atoms with Crippen molar-refractivity contribution < 1.29 is 14.3 Å². The van der Waals surface area contributed by atoms with Gasteiger partial charge in [0.05, 0.1) is 0 Å². The molecule has 152 valence electrons. The average Bonchev–Trinajstić information content (AvgIpc) is 3.02. The Labute approximate surface area is 174 Å². The van der Waals surface area contributed by atoms with E-state index in [9.17, 15) is 9.59 Å². The molecule has 0 aliphatic rings. The number of rotatable bonds is 7. The summed E-state index contributed by atoms with van der Waals surface area (Å²) in [5.74, 6) is -0.607. The molecular formula is C22H25N3O3S. The number of thioether (sulfide) groups is 1. The molecule has 7 heteroatoms.